The minimum Gasteiger partial charge on any atom is -0.497 e. The first kappa shape index (κ1) is 15.3. The van der Waals surface area contributed by atoms with Crippen LogP contribution in [-0.4, -0.2) is 12.9 Å². The Bertz CT molecular complexity index is 683. The molecule has 0 aliphatic carbocycles. The molecule has 0 spiro atoms. The maximum Gasteiger partial charge on any atom is 0.193 e. The number of carbonyl (C=O) groups excluding carboxylic acids is 1. The van der Waals surface area contributed by atoms with E-state index < -0.39 is 0 Å². The average Bonchev–Trinajstić information content (AvgIpc) is 2.51. The van der Waals surface area contributed by atoms with Crippen LogP contribution in [-0.2, 0) is 0 Å². The first-order chi connectivity index (χ1) is 9.88. The number of rotatable bonds is 3. The van der Waals surface area contributed by atoms with E-state index in [1.54, 1.807) is 13.2 Å². The van der Waals surface area contributed by atoms with Crippen molar-refractivity contribution < 1.29 is 9.53 Å². The molecule has 0 amide bonds. The summed E-state index contributed by atoms with van der Waals surface area (Å²) in [5.41, 5.74) is 7.31. The fourth-order valence-electron chi connectivity index (χ4n) is 2.75. The third-order valence-corrected chi connectivity index (χ3v) is 4.56. The smallest absolute Gasteiger partial charge is 0.193 e. The lowest BCUT2D eigenvalue weighted by molar-refractivity contribution is 0.103. The molecule has 110 valence electrons. The number of hydrogen-bond donors (Lipinski definition) is 0. The van der Waals surface area contributed by atoms with E-state index in [9.17, 15) is 4.79 Å². The van der Waals surface area contributed by atoms with E-state index in [0.717, 1.165) is 16.7 Å². The maximum absolute atomic E-state index is 12.9. The molecule has 0 saturated heterocycles. The standard InChI is InChI=1S/C19H22O2/c1-11-12(2)14(4)18(15(5)13(11)3)19(20)16-8-7-9-17(10-16)21-6/h7-10H,1-6H3. The second-order valence-electron chi connectivity index (χ2n) is 5.56. The molecule has 2 aromatic rings. The van der Waals surface area contributed by atoms with Gasteiger partial charge in [-0.3, -0.25) is 4.79 Å². The van der Waals surface area contributed by atoms with Crippen LogP contribution in [0.15, 0.2) is 24.3 Å². The number of ketones is 1. The van der Waals surface area contributed by atoms with Crippen molar-refractivity contribution in [1.29, 1.82) is 0 Å². The van der Waals surface area contributed by atoms with Crippen LogP contribution in [0.25, 0.3) is 0 Å². The van der Waals surface area contributed by atoms with Gasteiger partial charge in [0.25, 0.3) is 0 Å². The average molecular weight is 282 g/mol. The first-order valence-electron chi connectivity index (χ1n) is 7.14. The molecule has 0 unspecified atom stereocenters. The summed E-state index contributed by atoms with van der Waals surface area (Å²) in [6.45, 7) is 10.3. The van der Waals surface area contributed by atoms with Gasteiger partial charge in [0.2, 0.25) is 0 Å². The number of benzene rings is 2. The van der Waals surface area contributed by atoms with Gasteiger partial charge in [-0.25, -0.2) is 0 Å². The van der Waals surface area contributed by atoms with Gasteiger partial charge in [0.05, 0.1) is 7.11 Å². The van der Waals surface area contributed by atoms with Gasteiger partial charge in [-0.2, -0.15) is 0 Å². The molecule has 0 aromatic heterocycles. The Morgan fingerprint density at radius 3 is 1.90 bits per heavy atom. The summed E-state index contributed by atoms with van der Waals surface area (Å²) in [4.78, 5) is 12.9. The van der Waals surface area contributed by atoms with Gasteiger partial charge in [0.15, 0.2) is 5.78 Å². The zero-order chi connectivity index (χ0) is 15.7. The summed E-state index contributed by atoms with van der Waals surface area (Å²) in [5.74, 6) is 0.770. The fraction of sp³-hybridized carbons (Fsp3) is 0.316. The van der Waals surface area contributed by atoms with Gasteiger partial charge in [0, 0.05) is 11.1 Å². The predicted octanol–water partition coefficient (Wildman–Crippen LogP) is 4.47. The van der Waals surface area contributed by atoms with Crippen LogP contribution >= 0.6 is 0 Å². The summed E-state index contributed by atoms with van der Waals surface area (Å²) < 4.78 is 5.22. The molecule has 0 atom stereocenters. The molecule has 0 aliphatic heterocycles. The summed E-state index contributed by atoms with van der Waals surface area (Å²) in [6.07, 6.45) is 0. The molecule has 0 saturated carbocycles. The Kier molecular flexibility index (Phi) is 4.17. The Hall–Kier alpha value is -2.09. The Morgan fingerprint density at radius 2 is 1.38 bits per heavy atom. The van der Waals surface area contributed by atoms with Crippen LogP contribution in [0.2, 0.25) is 0 Å². The van der Waals surface area contributed by atoms with Gasteiger partial charge < -0.3 is 4.74 Å². The van der Waals surface area contributed by atoms with Crippen molar-refractivity contribution in [2.75, 3.05) is 7.11 Å². The van der Waals surface area contributed by atoms with E-state index in [4.69, 9.17) is 4.74 Å². The predicted molar refractivity (Wildman–Crippen MR) is 86.6 cm³/mol. The highest BCUT2D eigenvalue weighted by Gasteiger charge is 2.19. The van der Waals surface area contributed by atoms with E-state index in [0.29, 0.717) is 11.3 Å². The SMILES string of the molecule is COc1cccc(C(=O)c2c(C)c(C)c(C)c(C)c2C)c1. The minimum atomic E-state index is 0.0649. The van der Waals surface area contributed by atoms with Crippen LogP contribution in [0.3, 0.4) is 0 Å². The molecular weight excluding hydrogens is 260 g/mol. The largest absolute Gasteiger partial charge is 0.497 e. The fourth-order valence-corrected chi connectivity index (χ4v) is 2.75. The topological polar surface area (TPSA) is 26.3 Å². The van der Waals surface area contributed by atoms with Crippen molar-refractivity contribution in [1.82, 2.24) is 0 Å². The van der Waals surface area contributed by atoms with E-state index in [-0.39, 0.29) is 5.78 Å². The molecule has 2 rings (SSSR count). The molecule has 0 aliphatic rings. The molecule has 0 heterocycles. The van der Waals surface area contributed by atoms with Gasteiger partial charge >= 0.3 is 0 Å². The van der Waals surface area contributed by atoms with Crippen molar-refractivity contribution >= 4 is 5.78 Å². The van der Waals surface area contributed by atoms with Crippen molar-refractivity contribution in [3.05, 3.63) is 63.2 Å². The lowest BCUT2D eigenvalue weighted by atomic mass is 9.86. The number of carbonyl (C=O) groups is 1. The van der Waals surface area contributed by atoms with E-state index >= 15 is 0 Å². The zero-order valence-electron chi connectivity index (χ0n) is 13.6. The lowest BCUT2D eigenvalue weighted by Crippen LogP contribution is -2.10. The van der Waals surface area contributed by atoms with Crippen LogP contribution < -0.4 is 4.74 Å². The highest BCUT2D eigenvalue weighted by molar-refractivity contribution is 6.11. The summed E-state index contributed by atoms with van der Waals surface area (Å²) in [6, 6.07) is 7.34. The molecule has 21 heavy (non-hydrogen) atoms. The molecule has 0 fully saturated rings. The zero-order valence-corrected chi connectivity index (χ0v) is 13.6. The quantitative estimate of drug-likeness (QED) is 0.776. The van der Waals surface area contributed by atoms with E-state index in [1.165, 1.54) is 16.7 Å². The molecule has 0 radical (unpaired) electrons. The van der Waals surface area contributed by atoms with E-state index in [1.807, 2.05) is 32.0 Å². The first-order valence-corrected chi connectivity index (χ1v) is 7.14. The summed E-state index contributed by atoms with van der Waals surface area (Å²) in [5, 5.41) is 0. The highest BCUT2D eigenvalue weighted by atomic mass is 16.5. The highest BCUT2D eigenvalue weighted by Crippen LogP contribution is 2.28. The number of ether oxygens (including phenoxy) is 1. The summed E-state index contributed by atoms with van der Waals surface area (Å²) >= 11 is 0. The Labute approximate surface area is 126 Å². The molecular formula is C19H22O2. The van der Waals surface area contributed by atoms with Crippen molar-refractivity contribution in [3.8, 4) is 5.75 Å². The third kappa shape index (κ3) is 2.58. The van der Waals surface area contributed by atoms with Crippen molar-refractivity contribution in [3.63, 3.8) is 0 Å². The van der Waals surface area contributed by atoms with Gasteiger partial charge in [0.1, 0.15) is 5.75 Å². The number of methoxy groups -OCH3 is 1. The normalized spacial score (nSPS) is 10.6. The number of hydrogen-bond acceptors (Lipinski definition) is 2. The third-order valence-electron chi connectivity index (χ3n) is 4.56. The molecule has 2 aromatic carbocycles. The molecule has 2 heteroatoms. The van der Waals surface area contributed by atoms with Gasteiger partial charge in [-0.05, 0) is 74.6 Å². The van der Waals surface area contributed by atoms with Crippen LogP contribution in [0.4, 0.5) is 0 Å². The second kappa shape index (κ2) is 5.72. The van der Waals surface area contributed by atoms with E-state index in [2.05, 4.69) is 20.8 Å². The molecule has 2 nitrogen and oxygen atoms in total. The van der Waals surface area contributed by atoms with Crippen LogP contribution in [0.1, 0.15) is 43.7 Å². The Morgan fingerprint density at radius 1 is 0.857 bits per heavy atom. The Balaban J connectivity index is 2.63. The van der Waals surface area contributed by atoms with Gasteiger partial charge in [-0.1, -0.05) is 12.1 Å². The van der Waals surface area contributed by atoms with Crippen LogP contribution in [0.5, 0.6) is 5.75 Å². The van der Waals surface area contributed by atoms with Gasteiger partial charge in [-0.15, -0.1) is 0 Å². The van der Waals surface area contributed by atoms with Crippen molar-refractivity contribution in [2.45, 2.75) is 34.6 Å². The lowest BCUT2D eigenvalue weighted by Gasteiger charge is -2.18. The van der Waals surface area contributed by atoms with Crippen molar-refractivity contribution in [2.24, 2.45) is 0 Å². The maximum atomic E-state index is 12.9. The summed E-state index contributed by atoms with van der Waals surface area (Å²) in [7, 11) is 1.61. The van der Waals surface area contributed by atoms with Crippen LogP contribution in [0, 0.1) is 34.6 Å². The second-order valence-corrected chi connectivity index (χ2v) is 5.56. The monoisotopic (exact) mass is 282 g/mol. The molecule has 0 N–H and O–H groups in total. The minimum absolute atomic E-state index is 0.0649. The molecule has 0 bridgehead atoms.